The molecule has 0 aliphatic carbocycles. The normalized spacial score (nSPS) is 13.8. The van der Waals surface area contributed by atoms with E-state index in [9.17, 15) is 6.48 Å². The van der Waals surface area contributed by atoms with Crippen LogP contribution < -0.4 is 0 Å². The summed E-state index contributed by atoms with van der Waals surface area (Å²) in [6.07, 6.45) is 0.419. The predicted molar refractivity (Wildman–Crippen MR) is 257 cm³/mol. The number of phenols is 1. The number of benzene rings is 6. The molecule has 6 aromatic carbocycles. The summed E-state index contributed by atoms with van der Waals surface area (Å²) in [5, 5.41) is 12.3. The van der Waals surface area contributed by atoms with Crippen LogP contribution in [-0.4, -0.2) is 19.6 Å². The van der Waals surface area contributed by atoms with Crippen molar-refractivity contribution in [3.05, 3.63) is 168 Å². The molecule has 0 saturated heterocycles. The first kappa shape index (κ1) is 35.0. The molecule has 2 heterocycles. The molecule has 0 fully saturated rings. The Morgan fingerprint density at radius 2 is 1.44 bits per heavy atom. The molecule has 4 nitrogen and oxygen atoms in total. The second kappa shape index (κ2) is 17.7. The van der Waals surface area contributed by atoms with Crippen LogP contribution in [0.2, 0.25) is 0 Å². The Morgan fingerprint density at radius 3 is 2.11 bits per heavy atom. The van der Waals surface area contributed by atoms with Gasteiger partial charge in [0.2, 0.25) is 0 Å². The van der Waals surface area contributed by atoms with Crippen molar-refractivity contribution in [3.63, 3.8) is 0 Å². The van der Waals surface area contributed by atoms with Gasteiger partial charge in [-0.1, -0.05) is 171 Å². The maximum absolute atomic E-state index is 12.3. The largest absolute Gasteiger partial charge is 0.507 e. The molecule has 0 unspecified atom stereocenters. The van der Waals surface area contributed by atoms with Gasteiger partial charge in [-0.2, -0.15) is 0 Å². The van der Waals surface area contributed by atoms with Crippen LogP contribution in [0.3, 0.4) is 0 Å². The van der Waals surface area contributed by atoms with Gasteiger partial charge in [0.25, 0.3) is 0 Å². The van der Waals surface area contributed by atoms with Crippen LogP contribution in [-0.2, 0) is 31.9 Å². The second-order valence-electron chi connectivity index (χ2n) is 18.2. The van der Waals surface area contributed by atoms with Crippen LogP contribution >= 0.6 is 0 Å². The van der Waals surface area contributed by atoms with Crippen LogP contribution in [0.15, 0.2) is 139 Å². The van der Waals surface area contributed by atoms with E-state index in [1.165, 1.54) is 5.56 Å². The maximum atomic E-state index is 12.3. The fourth-order valence-corrected chi connectivity index (χ4v) is 7.79. The average Bonchev–Trinajstić information content (AvgIpc) is 3.71. The topological polar surface area (TPSA) is 50.9 Å². The average molecular weight is 1000 g/mol. The quantitative estimate of drug-likeness (QED) is 0.139. The van der Waals surface area contributed by atoms with Gasteiger partial charge in [-0.05, 0) is 92.8 Å². The number of nitrogens with zero attached hydrogens (tertiary/aromatic N) is 3. The fraction of sp³-hybridized carbons (Fsp3) is 0.263. The van der Waals surface area contributed by atoms with E-state index >= 15 is 0 Å². The van der Waals surface area contributed by atoms with Crippen molar-refractivity contribution in [2.75, 3.05) is 0 Å². The monoisotopic (exact) mass is 1000 g/mol. The minimum atomic E-state index is -0.605. The van der Waals surface area contributed by atoms with Gasteiger partial charge in [0, 0.05) is 38.5 Å². The Labute approximate surface area is 394 Å². The summed E-state index contributed by atoms with van der Waals surface area (Å²) >= 11 is 0. The third-order valence-corrected chi connectivity index (χ3v) is 12.0. The second-order valence-corrected chi connectivity index (χ2v) is 18.2. The Bertz CT molecular complexity index is 3310. The van der Waals surface area contributed by atoms with E-state index in [1.807, 2.05) is 54.6 Å². The minimum Gasteiger partial charge on any atom is -0.507 e. The summed E-state index contributed by atoms with van der Waals surface area (Å²) in [5.74, 6) is 0.886. The molecular weight excluding hydrogens is 938 g/mol. The summed E-state index contributed by atoms with van der Waals surface area (Å²) in [6, 6.07) is 30.6. The Kier molecular flexibility index (Phi) is 9.96. The molecule has 0 radical (unpaired) electrons. The van der Waals surface area contributed by atoms with Crippen molar-refractivity contribution in [3.8, 4) is 67.5 Å². The molecule has 0 aliphatic heterocycles. The number of hydrogen-bond acceptors (Lipinski definition) is 3. The maximum Gasteiger partial charge on any atom is 0.148 e. The standard InChI is InChI=1S/C57H58N3O.Pt/c1-11-57(9,10)44-25-26-51(48(35-44)39-21-16-13-17-22-39)60-52-24-18-23-46(53(52)59-55(60)49-33-41(36(2)3)32-47(37(4)5)54(49)61)42-29-43(31-45(30-42)56(6,7)8)50-34-40(27-28-58-50)38-19-14-12-15-20-38;/h12-28,30-37,61H,11H2,1-10H3;/q-1;/i12D,14D,15D,19D,20D,27D,28D,34D;. The molecule has 5 heteroatoms. The molecule has 0 saturated carbocycles. The number of fused-ring (bicyclic) bond motifs is 1. The number of imidazole rings is 1. The third-order valence-electron chi connectivity index (χ3n) is 12.0. The minimum absolute atomic E-state index is 0. The number of pyridine rings is 1. The van der Waals surface area contributed by atoms with Gasteiger partial charge in [-0.25, -0.2) is 4.98 Å². The molecule has 8 aromatic rings. The van der Waals surface area contributed by atoms with E-state index in [4.69, 9.17) is 14.6 Å². The first-order valence-electron chi connectivity index (χ1n) is 25.2. The summed E-state index contributed by atoms with van der Waals surface area (Å²) in [4.78, 5) is 9.99. The van der Waals surface area contributed by atoms with Crippen LogP contribution in [0.5, 0.6) is 5.75 Å². The van der Waals surface area contributed by atoms with Gasteiger partial charge in [-0.3, -0.25) is 9.55 Å². The summed E-state index contributed by atoms with van der Waals surface area (Å²) in [6.45, 7) is 21.3. The molecule has 0 spiro atoms. The van der Waals surface area contributed by atoms with E-state index < -0.39 is 47.8 Å². The molecule has 62 heavy (non-hydrogen) atoms. The van der Waals surface area contributed by atoms with Crippen molar-refractivity contribution in [1.29, 1.82) is 0 Å². The van der Waals surface area contributed by atoms with E-state index in [-0.39, 0.29) is 66.9 Å². The van der Waals surface area contributed by atoms with Crippen LogP contribution in [0.25, 0.3) is 72.7 Å². The van der Waals surface area contributed by atoms with Gasteiger partial charge in [0.15, 0.2) is 0 Å². The van der Waals surface area contributed by atoms with E-state index in [0.29, 0.717) is 33.6 Å². The smallest absolute Gasteiger partial charge is 0.148 e. The molecule has 0 amide bonds. The van der Waals surface area contributed by atoms with Crippen molar-refractivity contribution in [2.45, 2.75) is 98.3 Å². The predicted octanol–water partition coefficient (Wildman–Crippen LogP) is 15.5. The molecule has 1 N–H and O–H groups in total. The number of hydrogen-bond donors (Lipinski definition) is 1. The first-order valence-corrected chi connectivity index (χ1v) is 21.2. The summed E-state index contributed by atoms with van der Waals surface area (Å²) in [5.41, 5.74) is 9.25. The molecule has 8 rings (SSSR count). The number of phenolic OH excluding ortho intramolecular Hbond substituents is 1. The van der Waals surface area contributed by atoms with Crippen LogP contribution in [0.4, 0.5) is 0 Å². The number of aromatic hydroxyl groups is 1. The number of aromatic nitrogens is 3. The Balaban J connectivity index is 0.00000722. The Hall–Kier alpha value is -5.57. The van der Waals surface area contributed by atoms with Crippen molar-refractivity contribution >= 4 is 11.0 Å². The number of rotatable bonds is 10. The van der Waals surface area contributed by atoms with Gasteiger partial charge in [0.05, 0.1) is 33.3 Å². The zero-order valence-electron chi connectivity index (χ0n) is 45.1. The van der Waals surface area contributed by atoms with Crippen molar-refractivity contribution in [1.82, 2.24) is 14.5 Å². The number of para-hydroxylation sites is 1. The molecule has 2 aromatic heterocycles. The van der Waals surface area contributed by atoms with E-state index in [0.717, 1.165) is 45.4 Å². The van der Waals surface area contributed by atoms with Gasteiger partial charge in [0.1, 0.15) is 11.6 Å². The van der Waals surface area contributed by atoms with E-state index in [1.54, 1.807) is 0 Å². The van der Waals surface area contributed by atoms with Crippen molar-refractivity contribution < 1.29 is 37.1 Å². The molecule has 318 valence electrons. The SMILES string of the molecule is [2H]c1nc(-c2[c-]c(-c3cccc4c3nc(-c3cc(C(C)C)cc(C(C)C)c3O)n4-c3ccc(C(C)(C)CC)cc3-c3ccccc3)cc(C(C)(C)C)c2)c([2H])c(-c2c([2H])c([2H])c([2H])c([2H])c2[2H])c1[2H].[Pt]. The van der Waals surface area contributed by atoms with Gasteiger partial charge in [-0.15, -0.1) is 29.3 Å². The molecule has 0 atom stereocenters. The molecule has 0 aliphatic rings. The third kappa shape index (κ3) is 8.60. The van der Waals surface area contributed by atoms with Gasteiger partial charge < -0.3 is 5.11 Å². The van der Waals surface area contributed by atoms with Crippen LogP contribution in [0.1, 0.15) is 121 Å². The molecular formula is C57H58N3OPt-. The summed E-state index contributed by atoms with van der Waals surface area (Å²) in [7, 11) is 0. The van der Waals surface area contributed by atoms with Gasteiger partial charge >= 0.3 is 0 Å². The van der Waals surface area contributed by atoms with Crippen LogP contribution in [0, 0.1) is 6.07 Å². The fourth-order valence-electron chi connectivity index (χ4n) is 7.79. The first-order chi connectivity index (χ1) is 32.5. The zero-order valence-corrected chi connectivity index (χ0v) is 39.4. The van der Waals surface area contributed by atoms with Crippen molar-refractivity contribution in [2.24, 2.45) is 0 Å². The summed E-state index contributed by atoms with van der Waals surface area (Å²) < 4.78 is 71.7. The molecule has 0 bridgehead atoms. The Morgan fingerprint density at radius 1 is 0.710 bits per heavy atom. The zero-order chi connectivity index (χ0) is 50.2. The van der Waals surface area contributed by atoms with E-state index in [2.05, 4.69) is 121 Å².